The van der Waals surface area contributed by atoms with Gasteiger partial charge in [0.05, 0.1) is 22.8 Å². The van der Waals surface area contributed by atoms with E-state index in [0.717, 1.165) is 28.9 Å². The molecule has 2 aromatic carbocycles. The minimum Gasteiger partial charge on any atom is -0.343 e. The third kappa shape index (κ3) is 5.13. The van der Waals surface area contributed by atoms with E-state index in [4.69, 9.17) is 0 Å². The zero-order valence-electron chi connectivity index (χ0n) is 20.2. The Hall–Kier alpha value is -4.16. The fraction of sp³-hybridized carbons (Fsp3) is 0.400. The smallest absolute Gasteiger partial charge is 0.343 e. The maximum atomic E-state index is 12.9. The number of nitrogens with zero attached hydrogens (tertiary/aromatic N) is 5. The van der Waals surface area contributed by atoms with Crippen LogP contribution in [0.5, 0.6) is 0 Å². The van der Waals surface area contributed by atoms with Gasteiger partial charge in [0, 0.05) is 19.5 Å². The lowest BCUT2D eigenvalue weighted by molar-refractivity contribution is -0.202. The van der Waals surface area contributed by atoms with E-state index in [9.17, 15) is 27.6 Å². The van der Waals surface area contributed by atoms with Crippen molar-refractivity contribution < 1.29 is 32.4 Å². The van der Waals surface area contributed by atoms with Crippen LogP contribution in [-0.2, 0) is 14.4 Å². The number of likely N-dealkylation sites (tertiary alicyclic amines) is 1. The van der Waals surface area contributed by atoms with Gasteiger partial charge in [0.15, 0.2) is 0 Å². The van der Waals surface area contributed by atoms with Crippen molar-refractivity contribution in [3.05, 3.63) is 54.1 Å². The van der Waals surface area contributed by atoms with Gasteiger partial charge in [-0.3, -0.25) is 9.59 Å². The number of amides is 2. The number of fused-ring (bicyclic) bond motifs is 2. The molecule has 5 rings (SSSR count). The molecular formula is C25H25F3N6O4. The summed E-state index contributed by atoms with van der Waals surface area (Å²) in [5.74, 6) is -2.99. The van der Waals surface area contributed by atoms with Crippen molar-refractivity contribution in [2.24, 2.45) is 0 Å². The quantitative estimate of drug-likeness (QED) is 0.521. The Morgan fingerprint density at radius 3 is 2.53 bits per heavy atom. The van der Waals surface area contributed by atoms with Gasteiger partial charge in [-0.25, -0.2) is 9.48 Å². The summed E-state index contributed by atoms with van der Waals surface area (Å²) in [6.07, 6.45) is -4.33. The molecule has 2 aliphatic heterocycles. The average molecular weight is 531 g/mol. The second kappa shape index (κ2) is 10.3. The second-order valence-electron chi connectivity index (χ2n) is 9.24. The molecular weight excluding hydrogens is 505 g/mol. The van der Waals surface area contributed by atoms with Crippen LogP contribution in [-0.4, -0.2) is 63.1 Å². The highest BCUT2D eigenvalue weighted by molar-refractivity contribution is 6.02. The lowest BCUT2D eigenvalue weighted by Gasteiger charge is -2.37. The molecule has 3 aromatic rings. The largest absolute Gasteiger partial charge is 0.493 e. The molecule has 2 aliphatic rings. The molecule has 1 aromatic heterocycles. The summed E-state index contributed by atoms with van der Waals surface area (Å²) in [5.41, 5.74) is 1.90. The first-order valence-corrected chi connectivity index (χ1v) is 12.3. The number of rotatable bonds is 6. The van der Waals surface area contributed by atoms with Crippen LogP contribution in [0.1, 0.15) is 48.5 Å². The fourth-order valence-electron chi connectivity index (χ4n) is 4.88. The summed E-state index contributed by atoms with van der Waals surface area (Å²) in [7, 11) is 0. The number of para-hydroxylation sites is 2. The van der Waals surface area contributed by atoms with Crippen molar-refractivity contribution >= 4 is 34.5 Å². The molecule has 38 heavy (non-hydrogen) atoms. The van der Waals surface area contributed by atoms with Crippen molar-refractivity contribution in [2.75, 3.05) is 18.2 Å². The Bertz CT molecular complexity index is 1350. The van der Waals surface area contributed by atoms with Crippen LogP contribution in [0.4, 0.5) is 18.9 Å². The van der Waals surface area contributed by atoms with Gasteiger partial charge in [-0.15, -0.1) is 5.10 Å². The molecule has 3 heterocycles. The molecule has 2 amide bonds. The summed E-state index contributed by atoms with van der Waals surface area (Å²) in [6.45, 7) is 1.08. The van der Waals surface area contributed by atoms with Crippen LogP contribution in [0.15, 0.2) is 48.5 Å². The van der Waals surface area contributed by atoms with Gasteiger partial charge >= 0.3 is 12.1 Å². The minimum atomic E-state index is -5.21. The molecule has 1 saturated heterocycles. The van der Waals surface area contributed by atoms with E-state index >= 15 is 0 Å². The highest BCUT2D eigenvalue weighted by Gasteiger charge is 2.45. The molecule has 1 atom stereocenters. The van der Waals surface area contributed by atoms with Gasteiger partial charge in [-0.2, -0.15) is 18.2 Å². The number of alkyl halides is 3. The molecule has 200 valence electrons. The van der Waals surface area contributed by atoms with Gasteiger partial charge in [0.25, 0.3) is 5.91 Å². The van der Waals surface area contributed by atoms with Crippen LogP contribution in [0.2, 0.25) is 0 Å². The van der Waals surface area contributed by atoms with Crippen molar-refractivity contribution in [2.45, 2.75) is 50.5 Å². The number of aromatic nitrogens is 3. The van der Waals surface area contributed by atoms with E-state index in [1.807, 2.05) is 28.9 Å². The number of anilines is 1. The van der Waals surface area contributed by atoms with Gasteiger partial charge in [-0.1, -0.05) is 29.5 Å². The highest BCUT2D eigenvalue weighted by atomic mass is 19.4. The van der Waals surface area contributed by atoms with Crippen molar-refractivity contribution in [1.82, 2.24) is 25.2 Å². The van der Waals surface area contributed by atoms with Crippen LogP contribution in [0.3, 0.4) is 0 Å². The second-order valence-corrected chi connectivity index (χ2v) is 9.24. The van der Waals surface area contributed by atoms with Gasteiger partial charge < -0.3 is 15.1 Å². The standard InChI is InChI=1S/C25H25F3N6O4/c26-25(27,28)24(37)38-34-19-8-3-1-6-17(19)23(36)29-21(34)10-5-11-22(35)32-14-12-16(13-15-32)33-20-9-4-2-7-18(20)30-31-33/h1-4,6-9,16,21H,5,10-15H2,(H,29,36). The Labute approximate surface area is 215 Å². The SMILES string of the molecule is O=C1NC(CCCC(=O)N2CCC(n3nnc4ccccc43)CC2)N(OC(=O)C(F)(F)F)c2ccccc21. The minimum absolute atomic E-state index is 0.0490. The number of hydrogen-bond donors (Lipinski definition) is 1. The summed E-state index contributed by atoms with van der Waals surface area (Å²) in [4.78, 5) is 43.3. The fourth-order valence-corrected chi connectivity index (χ4v) is 4.88. The summed E-state index contributed by atoms with van der Waals surface area (Å²) >= 11 is 0. The Balaban J connectivity index is 1.17. The van der Waals surface area contributed by atoms with E-state index in [2.05, 4.69) is 20.5 Å². The van der Waals surface area contributed by atoms with Crippen molar-refractivity contribution in [3.8, 4) is 0 Å². The van der Waals surface area contributed by atoms with Gasteiger partial charge in [-0.05, 0) is 49.9 Å². The number of benzene rings is 2. The van der Waals surface area contributed by atoms with E-state index < -0.39 is 24.2 Å². The summed E-state index contributed by atoms with van der Waals surface area (Å²) in [5, 5.41) is 11.8. The van der Waals surface area contributed by atoms with E-state index in [-0.39, 0.29) is 42.5 Å². The molecule has 0 aliphatic carbocycles. The zero-order valence-corrected chi connectivity index (χ0v) is 20.2. The van der Waals surface area contributed by atoms with Crippen LogP contribution in [0.25, 0.3) is 11.0 Å². The van der Waals surface area contributed by atoms with Crippen LogP contribution in [0, 0.1) is 0 Å². The first-order chi connectivity index (χ1) is 18.2. The molecule has 0 saturated carbocycles. The topological polar surface area (TPSA) is 110 Å². The third-order valence-corrected chi connectivity index (χ3v) is 6.79. The molecule has 1 fully saturated rings. The molecule has 1 N–H and O–H groups in total. The maximum Gasteiger partial charge on any atom is 0.493 e. The normalized spacial score (nSPS) is 18.3. The first-order valence-electron chi connectivity index (χ1n) is 12.3. The number of nitrogens with one attached hydrogen (secondary N) is 1. The summed E-state index contributed by atoms with van der Waals surface area (Å²) in [6, 6.07) is 13.7. The van der Waals surface area contributed by atoms with Crippen molar-refractivity contribution in [3.63, 3.8) is 0 Å². The van der Waals surface area contributed by atoms with E-state index in [1.165, 1.54) is 18.2 Å². The molecule has 1 unspecified atom stereocenters. The summed E-state index contributed by atoms with van der Waals surface area (Å²) < 4.78 is 40.6. The zero-order chi connectivity index (χ0) is 26.9. The van der Waals surface area contributed by atoms with Gasteiger partial charge in [0.2, 0.25) is 5.91 Å². The monoisotopic (exact) mass is 530 g/mol. The van der Waals surface area contributed by atoms with Crippen LogP contribution >= 0.6 is 0 Å². The number of hydroxylamine groups is 1. The lowest BCUT2D eigenvalue weighted by Crippen LogP contribution is -2.54. The Morgan fingerprint density at radius 2 is 1.76 bits per heavy atom. The molecule has 0 bridgehead atoms. The number of halogens is 3. The van der Waals surface area contributed by atoms with E-state index in [0.29, 0.717) is 13.1 Å². The highest BCUT2D eigenvalue weighted by Crippen LogP contribution is 2.31. The third-order valence-electron chi connectivity index (χ3n) is 6.79. The first kappa shape index (κ1) is 25.5. The molecule has 0 spiro atoms. The van der Waals surface area contributed by atoms with Crippen molar-refractivity contribution in [1.29, 1.82) is 0 Å². The molecule has 10 nitrogen and oxygen atoms in total. The molecule has 13 heteroatoms. The number of piperidine rings is 1. The Kier molecular flexibility index (Phi) is 6.91. The predicted octanol–water partition coefficient (Wildman–Crippen LogP) is 3.36. The lowest BCUT2D eigenvalue weighted by atomic mass is 10.0. The predicted molar refractivity (Wildman–Crippen MR) is 129 cm³/mol. The van der Waals surface area contributed by atoms with Gasteiger partial charge in [0.1, 0.15) is 11.7 Å². The van der Waals surface area contributed by atoms with E-state index in [1.54, 1.807) is 11.0 Å². The number of carbonyl (C=O) groups is 3. The molecule has 0 radical (unpaired) electrons. The maximum absolute atomic E-state index is 12.9. The number of hydrogen-bond acceptors (Lipinski definition) is 7. The van der Waals surface area contributed by atoms with Crippen LogP contribution < -0.4 is 10.4 Å². The average Bonchev–Trinajstić information content (AvgIpc) is 3.34. The number of carbonyl (C=O) groups excluding carboxylic acids is 3. The Morgan fingerprint density at radius 1 is 1.05 bits per heavy atom.